The predicted octanol–water partition coefficient (Wildman–Crippen LogP) is 5.78. The molecule has 1 amide bonds. The fourth-order valence-corrected chi connectivity index (χ4v) is 4.92. The zero-order valence-corrected chi connectivity index (χ0v) is 25.2. The van der Waals surface area contributed by atoms with Gasteiger partial charge >= 0.3 is 5.97 Å². The van der Waals surface area contributed by atoms with Gasteiger partial charge in [0, 0.05) is 44.1 Å². The van der Waals surface area contributed by atoms with Crippen molar-refractivity contribution in [3.8, 4) is 11.5 Å². The molecule has 13 heteroatoms. The van der Waals surface area contributed by atoms with Crippen LogP contribution in [0.2, 0.25) is 30.7 Å². The van der Waals surface area contributed by atoms with Gasteiger partial charge in [0.25, 0.3) is 0 Å². The lowest BCUT2D eigenvalue weighted by Gasteiger charge is -2.25. The molecule has 3 aromatic rings. The molecule has 0 bridgehead atoms. The number of esters is 1. The van der Waals surface area contributed by atoms with Gasteiger partial charge in [0.05, 0.1) is 32.4 Å². The number of aromatic nitrogens is 2. The van der Waals surface area contributed by atoms with Gasteiger partial charge in [-0.25, -0.2) is 13.8 Å². The van der Waals surface area contributed by atoms with Crippen molar-refractivity contribution in [3.63, 3.8) is 0 Å². The number of methoxy groups -OCH3 is 2. The van der Waals surface area contributed by atoms with E-state index in [0.717, 1.165) is 17.0 Å². The normalized spacial score (nSPS) is 11.5. The minimum absolute atomic E-state index is 0.0348. The standard InChI is InChI=1S/C27H34ClF2N3O6Si/c1-7-39-22(35)13-21(34)33(26-24(29)19(36-2)12-20(37-3)25(26)30)15-17-14-31-27-18(23(17)28)8-9-32(27)16-38-10-11-40(4,5)6/h8-9,12,14H,7,10-11,13,15-16H2,1-6H3. The molecule has 0 aliphatic carbocycles. The van der Waals surface area contributed by atoms with E-state index in [1.165, 1.54) is 20.4 Å². The first-order valence-corrected chi connectivity index (χ1v) is 16.8. The Bertz CT molecular complexity index is 1350. The molecule has 2 aromatic heterocycles. The third-order valence-corrected chi connectivity index (χ3v) is 8.22. The molecule has 0 N–H and O–H groups in total. The van der Waals surface area contributed by atoms with E-state index in [-0.39, 0.29) is 29.9 Å². The summed E-state index contributed by atoms with van der Waals surface area (Å²) in [7, 11) is 1.15. The van der Waals surface area contributed by atoms with Gasteiger partial charge in [-0.15, -0.1) is 0 Å². The number of carbonyl (C=O) groups excluding carboxylic acids is 2. The zero-order chi connectivity index (χ0) is 29.6. The maximum absolute atomic E-state index is 15.4. The van der Waals surface area contributed by atoms with Crippen LogP contribution in [0.25, 0.3) is 11.0 Å². The Kier molecular flexibility index (Phi) is 10.5. The second-order valence-corrected chi connectivity index (χ2v) is 16.2. The molecule has 0 unspecified atom stereocenters. The molecule has 0 radical (unpaired) electrons. The summed E-state index contributed by atoms with van der Waals surface area (Å²) >= 11 is 6.71. The van der Waals surface area contributed by atoms with E-state index in [0.29, 0.717) is 23.2 Å². The average molecular weight is 598 g/mol. The van der Waals surface area contributed by atoms with Crippen LogP contribution in [-0.4, -0.2) is 56.9 Å². The summed E-state index contributed by atoms with van der Waals surface area (Å²) in [6, 6.07) is 3.79. The van der Waals surface area contributed by atoms with Crippen molar-refractivity contribution in [2.24, 2.45) is 0 Å². The zero-order valence-electron chi connectivity index (χ0n) is 23.5. The first-order valence-electron chi connectivity index (χ1n) is 12.7. The van der Waals surface area contributed by atoms with Crippen molar-refractivity contribution in [2.45, 2.75) is 52.3 Å². The van der Waals surface area contributed by atoms with Crippen LogP contribution >= 0.6 is 11.6 Å². The molecule has 218 valence electrons. The lowest BCUT2D eigenvalue weighted by atomic mass is 10.1. The van der Waals surface area contributed by atoms with E-state index in [1.807, 2.05) is 0 Å². The highest BCUT2D eigenvalue weighted by atomic mass is 35.5. The van der Waals surface area contributed by atoms with E-state index in [4.69, 9.17) is 30.5 Å². The highest BCUT2D eigenvalue weighted by Crippen LogP contribution is 2.39. The highest BCUT2D eigenvalue weighted by molar-refractivity contribution is 6.76. The molecule has 2 heterocycles. The molecule has 0 aliphatic heterocycles. The van der Waals surface area contributed by atoms with E-state index >= 15 is 8.78 Å². The van der Waals surface area contributed by atoms with Gasteiger partial charge in [-0.05, 0) is 19.0 Å². The van der Waals surface area contributed by atoms with Crippen molar-refractivity contribution in [1.29, 1.82) is 0 Å². The number of hydrogen-bond acceptors (Lipinski definition) is 7. The molecular weight excluding hydrogens is 564 g/mol. The van der Waals surface area contributed by atoms with Gasteiger partial charge in [-0.2, -0.15) is 0 Å². The van der Waals surface area contributed by atoms with Crippen LogP contribution in [-0.2, 0) is 32.3 Å². The number of fused-ring (bicyclic) bond motifs is 1. The molecule has 0 fully saturated rings. The lowest BCUT2D eigenvalue weighted by molar-refractivity contribution is -0.145. The number of anilines is 1. The van der Waals surface area contributed by atoms with E-state index in [1.54, 1.807) is 23.8 Å². The monoisotopic (exact) mass is 597 g/mol. The van der Waals surface area contributed by atoms with E-state index in [9.17, 15) is 9.59 Å². The number of amides is 1. The molecule has 0 saturated heterocycles. The Labute approximate surface area is 237 Å². The molecule has 0 saturated carbocycles. The van der Waals surface area contributed by atoms with Crippen LogP contribution in [0.3, 0.4) is 0 Å². The number of carbonyl (C=O) groups is 2. The number of halogens is 3. The molecule has 3 rings (SSSR count). The molecule has 0 aliphatic rings. The highest BCUT2D eigenvalue weighted by Gasteiger charge is 2.31. The van der Waals surface area contributed by atoms with Crippen LogP contribution < -0.4 is 14.4 Å². The van der Waals surface area contributed by atoms with Crippen molar-refractivity contribution in [2.75, 3.05) is 32.3 Å². The topological polar surface area (TPSA) is 92.1 Å². The first-order chi connectivity index (χ1) is 18.9. The van der Waals surface area contributed by atoms with Crippen LogP contribution in [0, 0.1) is 11.6 Å². The van der Waals surface area contributed by atoms with Crippen LogP contribution in [0.5, 0.6) is 11.5 Å². The van der Waals surface area contributed by atoms with E-state index in [2.05, 4.69) is 24.6 Å². The summed E-state index contributed by atoms with van der Waals surface area (Å²) in [6.07, 6.45) is 2.43. The van der Waals surface area contributed by atoms with E-state index < -0.39 is 50.2 Å². The van der Waals surface area contributed by atoms with Gasteiger partial charge in [0.2, 0.25) is 5.91 Å². The largest absolute Gasteiger partial charge is 0.493 e. The quantitative estimate of drug-likeness (QED) is 0.107. The number of ether oxygens (including phenoxy) is 4. The van der Waals surface area contributed by atoms with Crippen LogP contribution in [0.1, 0.15) is 18.9 Å². The fraction of sp³-hybridized carbons (Fsp3) is 0.444. The molecule has 40 heavy (non-hydrogen) atoms. The molecular formula is C27H34ClF2N3O6Si. The van der Waals surface area contributed by atoms with Gasteiger partial charge in [-0.1, -0.05) is 31.2 Å². The Morgan fingerprint density at radius 1 is 1.12 bits per heavy atom. The average Bonchev–Trinajstić information content (AvgIpc) is 3.30. The van der Waals surface area contributed by atoms with Crippen molar-refractivity contribution >= 4 is 48.3 Å². The molecule has 0 spiro atoms. The maximum atomic E-state index is 15.4. The van der Waals surface area contributed by atoms with Gasteiger partial charge < -0.3 is 28.4 Å². The third-order valence-electron chi connectivity index (χ3n) is 6.07. The number of nitrogens with zero attached hydrogens (tertiary/aromatic N) is 3. The maximum Gasteiger partial charge on any atom is 0.315 e. The minimum atomic E-state index is -1.24. The Balaban J connectivity index is 2.00. The van der Waals surface area contributed by atoms with Gasteiger partial charge in [0.1, 0.15) is 24.5 Å². The van der Waals surface area contributed by atoms with Gasteiger partial charge in [0.15, 0.2) is 23.1 Å². The summed E-state index contributed by atoms with van der Waals surface area (Å²) < 4.78 is 53.4. The number of benzene rings is 1. The lowest BCUT2D eigenvalue weighted by Crippen LogP contribution is -2.34. The molecule has 0 atom stereocenters. The molecule has 9 nitrogen and oxygen atoms in total. The van der Waals surface area contributed by atoms with Gasteiger partial charge in [-0.3, -0.25) is 9.59 Å². The second-order valence-electron chi connectivity index (χ2n) is 10.2. The first kappa shape index (κ1) is 31.3. The summed E-state index contributed by atoms with van der Waals surface area (Å²) in [4.78, 5) is 30.6. The SMILES string of the molecule is CCOC(=O)CC(=O)N(Cc1cnc2c(ccn2COCC[Si](C)(C)C)c1Cl)c1c(F)c(OC)cc(OC)c1F. The van der Waals surface area contributed by atoms with Crippen LogP contribution in [0.4, 0.5) is 14.5 Å². The molecule has 1 aromatic carbocycles. The minimum Gasteiger partial charge on any atom is -0.493 e. The van der Waals surface area contributed by atoms with Crippen molar-refractivity contribution in [1.82, 2.24) is 9.55 Å². The second kappa shape index (κ2) is 13.4. The Morgan fingerprint density at radius 2 is 1.77 bits per heavy atom. The fourth-order valence-electron chi connectivity index (χ4n) is 3.91. The summed E-state index contributed by atoms with van der Waals surface area (Å²) in [5, 5.41) is 0.797. The number of hydrogen-bond donors (Lipinski definition) is 0. The smallest absolute Gasteiger partial charge is 0.315 e. The third kappa shape index (κ3) is 7.29. The number of pyridine rings is 1. The number of rotatable bonds is 13. The Hall–Kier alpha value is -3.22. The van der Waals surface area contributed by atoms with Crippen molar-refractivity contribution in [3.05, 3.63) is 46.7 Å². The summed E-state index contributed by atoms with van der Waals surface area (Å²) in [6.45, 7) is 8.92. The summed E-state index contributed by atoms with van der Waals surface area (Å²) in [5.74, 6) is -4.77. The summed E-state index contributed by atoms with van der Waals surface area (Å²) in [5.41, 5.74) is 0.0889. The van der Waals surface area contributed by atoms with Crippen molar-refractivity contribution < 1.29 is 37.3 Å². The van der Waals surface area contributed by atoms with Crippen LogP contribution in [0.15, 0.2) is 24.5 Å². The predicted molar refractivity (Wildman–Crippen MR) is 151 cm³/mol. The Morgan fingerprint density at radius 3 is 2.35 bits per heavy atom.